The Labute approximate surface area is 103 Å². The summed E-state index contributed by atoms with van der Waals surface area (Å²) in [6.45, 7) is 2.48. The van der Waals surface area contributed by atoms with Gasteiger partial charge in [0.05, 0.1) is 24.3 Å². The monoisotopic (exact) mass is 281 g/mol. The number of nitriles is 1. The molecule has 0 heterocycles. The summed E-state index contributed by atoms with van der Waals surface area (Å²) in [5, 5.41) is 8.46. The molecule has 0 saturated carbocycles. The second-order valence-corrected chi connectivity index (χ2v) is 3.78. The van der Waals surface area contributed by atoms with Gasteiger partial charge in [-0.05, 0) is 46.6 Å². The van der Waals surface area contributed by atoms with Gasteiger partial charge in [-0.1, -0.05) is 0 Å². The lowest BCUT2D eigenvalue weighted by Gasteiger charge is -2.11. The van der Waals surface area contributed by atoms with E-state index in [2.05, 4.69) is 15.9 Å². The van der Waals surface area contributed by atoms with Crippen molar-refractivity contribution in [2.75, 3.05) is 13.7 Å². The number of allylic oxidation sites excluding steroid dienone is 1. The van der Waals surface area contributed by atoms with E-state index in [4.69, 9.17) is 14.7 Å². The summed E-state index contributed by atoms with van der Waals surface area (Å²) in [5.41, 5.74) is 0.883. The minimum atomic E-state index is 0.572. The molecule has 0 aromatic heterocycles. The van der Waals surface area contributed by atoms with Crippen LogP contribution in [0.15, 0.2) is 22.7 Å². The predicted molar refractivity (Wildman–Crippen MR) is 66.5 cm³/mol. The summed E-state index contributed by atoms with van der Waals surface area (Å²) in [6.07, 6.45) is 3.13. The standard InChI is InChI=1S/C12H12BrNO2/c1-3-16-12-10(13)7-9(5-4-6-14)8-11(12)15-2/h4-5,7-8H,3H2,1-2H3. The summed E-state index contributed by atoms with van der Waals surface area (Å²) in [6, 6.07) is 5.64. The molecular weight excluding hydrogens is 270 g/mol. The maximum Gasteiger partial charge on any atom is 0.175 e. The third kappa shape index (κ3) is 3.01. The fraction of sp³-hybridized carbons (Fsp3) is 0.250. The van der Waals surface area contributed by atoms with Gasteiger partial charge in [0.25, 0.3) is 0 Å². The zero-order valence-electron chi connectivity index (χ0n) is 9.16. The van der Waals surface area contributed by atoms with Crippen LogP contribution in [0.4, 0.5) is 0 Å². The topological polar surface area (TPSA) is 42.2 Å². The molecular formula is C12H12BrNO2. The first kappa shape index (κ1) is 12.6. The van der Waals surface area contributed by atoms with Gasteiger partial charge in [-0.15, -0.1) is 0 Å². The van der Waals surface area contributed by atoms with Crippen molar-refractivity contribution >= 4 is 22.0 Å². The van der Waals surface area contributed by atoms with Gasteiger partial charge in [0.1, 0.15) is 0 Å². The van der Waals surface area contributed by atoms with E-state index in [9.17, 15) is 0 Å². The molecule has 1 aromatic rings. The molecule has 0 radical (unpaired) electrons. The van der Waals surface area contributed by atoms with Crippen LogP contribution in [-0.4, -0.2) is 13.7 Å². The summed E-state index contributed by atoms with van der Waals surface area (Å²) in [5.74, 6) is 1.33. The van der Waals surface area contributed by atoms with E-state index in [0.29, 0.717) is 18.1 Å². The Morgan fingerprint density at radius 1 is 1.50 bits per heavy atom. The number of hydrogen-bond acceptors (Lipinski definition) is 3. The number of rotatable bonds is 4. The maximum atomic E-state index is 8.46. The Hall–Kier alpha value is -1.47. The fourth-order valence-electron chi connectivity index (χ4n) is 1.25. The second-order valence-electron chi connectivity index (χ2n) is 2.93. The van der Waals surface area contributed by atoms with Crippen molar-refractivity contribution < 1.29 is 9.47 Å². The highest BCUT2D eigenvalue weighted by Gasteiger charge is 2.09. The molecule has 0 N–H and O–H groups in total. The summed E-state index contributed by atoms with van der Waals surface area (Å²) >= 11 is 3.41. The van der Waals surface area contributed by atoms with Gasteiger partial charge in [0, 0.05) is 6.08 Å². The van der Waals surface area contributed by atoms with Gasteiger partial charge in [-0.3, -0.25) is 0 Å². The first-order valence-electron chi connectivity index (χ1n) is 4.79. The third-order valence-corrected chi connectivity index (χ3v) is 2.48. The Balaban J connectivity index is 3.16. The van der Waals surface area contributed by atoms with Crippen LogP contribution in [0.1, 0.15) is 12.5 Å². The quantitative estimate of drug-likeness (QED) is 0.795. The van der Waals surface area contributed by atoms with E-state index >= 15 is 0 Å². The highest BCUT2D eigenvalue weighted by atomic mass is 79.9. The van der Waals surface area contributed by atoms with Crippen molar-refractivity contribution in [2.24, 2.45) is 0 Å². The van der Waals surface area contributed by atoms with Crippen molar-refractivity contribution in [3.63, 3.8) is 0 Å². The number of ether oxygens (including phenoxy) is 2. The number of halogens is 1. The fourth-order valence-corrected chi connectivity index (χ4v) is 1.83. The van der Waals surface area contributed by atoms with Crippen LogP contribution in [0.5, 0.6) is 11.5 Å². The van der Waals surface area contributed by atoms with Crippen LogP contribution in [0.2, 0.25) is 0 Å². The first-order chi connectivity index (χ1) is 7.72. The van der Waals surface area contributed by atoms with E-state index in [1.807, 2.05) is 25.1 Å². The summed E-state index contributed by atoms with van der Waals surface area (Å²) < 4.78 is 11.5. The van der Waals surface area contributed by atoms with E-state index in [1.54, 1.807) is 13.2 Å². The molecule has 16 heavy (non-hydrogen) atoms. The molecule has 0 aliphatic carbocycles. The highest BCUT2D eigenvalue weighted by molar-refractivity contribution is 9.10. The molecule has 0 aliphatic heterocycles. The number of benzene rings is 1. The molecule has 0 atom stereocenters. The molecule has 0 aliphatic rings. The largest absolute Gasteiger partial charge is 0.493 e. The molecule has 1 aromatic carbocycles. The Morgan fingerprint density at radius 3 is 2.81 bits per heavy atom. The molecule has 84 valence electrons. The van der Waals surface area contributed by atoms with Crippen LogP contribution >= 0.6 is 15.9 Å². The number of hydrogen-bond donors (Lipinski definition) is 0. The van der Waals surface area contributed by atoms with Crippen LogP contribution < -0.4 is 9.47 Å². The molecule has 3 nitrogen and oxygen atoms in total. The molecule has 1 rings (SSSR count). The predicted octanol–water partition coefficient (Wildman–Crippen LogP) is 3.39. The first-order valence-corrected chi connectivity index (χ1v) is 5.58. The summed E-state index contributed by atoms with van der Waals surface area (Å²) in [4.78, 5) is 0. The van der Waals surface area contributed by atoms with Gasteiger partial charge in [-0.25, -0.2) is 0 Å². The minimum absolute atomic E-state index is 0.572. The molecule has 0 amide bonds. The molecule has 0 saturated heterocycles. The van der Waals surface area contributed by atoms with Crippen molar-refractivity contribution in [1.29, 1.82) is 5.26 Å². The summed E-state index contributed by atoms with van der Waals surface area (Å²) in [7, 11) is 1.59. The molecule has 0 spiro atoms. The second kappa shape index (κ2) is 6.19. The Bertz CT molecular complexity index is 435. The lowest BCUT2D eigenvalue weighted by atomic mass is 10.2. The van der Waals surface area contributed by atoms with E-state index < -0.39 is 0 Å². The van der Waals surface area contributed by atoms with Crippen LogP contribution in [0.3, 0.4) is 0 Å². The lowest BCUT2D eigenvalue weighted by molar-refractivity contribution is 0.309. The zero-order valence-corrected chi connectivity index (χ0v) is 10.7. The number of nitrogens with zero attached hydrogens (tertiary/aromatic N) is 1. The van der Waals surface area contributed by atoms with Crippen LogP contribution in [-0.2, 0) is 0 Å². The van der Waals surface area contributed by atoms with Crippen molar-refractivity contribution in [1.82, 2.24) is 0 Å². The smallest absolute Gasteiger partial charge is 0.175 e. The van der Waals surface area contributed by atoms with Gasteiger partial charge in [0.15, 0.2) is 11.5 Å². The third-order valence-electron chi connectivity index (χ3n) is 1.89. The Morgan fingerprint density at radius 2 is 2.25 bits per heavy atom. The van der Waals surface area contributed by atoms with Crippen molar-refractivity contribution in [3.05, 3.63) is 28.2 Å². The van der Waals surface area contributed by atoms with Gasteiger partial charge >= 0.3 is 0 Å². The van der Waals surface area contributed by atoms with E-state index in [-0.39, 0.29) is 0 Å². The Kier molecular flexibility index (Phi) is 4.87. The van der Waals surface area contributed by atoms with Crippen LogP contribution in [0, 0.1) is 11.3 Å². The zero-order chi connectivity index (χ0) is 12.0. The molecule has 0 bridgehead atoms. The van der Waals surface area contributed by atoms with Gasteiger partial charge in [0.2, 0.25) is 0 Å². The molecule has 0 unspecified atom stereocenters. The van der Waals surface area contributed by atoms with Crippen LogP contribution in [0.25, 0.3) is 6.08 Å². The van der Waals surface area contributed by atoms with E-state index in [1.165, 1.54) is 6.08 Å². The van der Waals surface area contributed by atoms with E-state index in [0.717, 1.165) is 10.0 Å². The molecule has 4 heteroatoms. The van der Waals surface area contributed by atoms with Gasteiger partial charge < -0.3 is 9.47 Å². The maximum absolute atomic E-state index is 8.46. The van der Waals surface area contributed by atoms with Gasteiger partial charge in [-0.2, -0.15) is 5.26 Å². The average molecular weight is 282 g/mol. The SMILES string of the molecule is CCOc1c(Br)cc(C=CC#N)cc1OC. The van der Waals surface area contributed by atoms with Crippen molar-refractivity contribution in [2.45, 2.75) is 6.92 Å². The minimum Gasteiger partial charge on any atom is -0.493 e. The number of methoxy groups -OCH3 is 1. The lowest BCUT2D eigenvalue weighted by Crippen LogP contribution is -1.96. The average Bonchev–Trinajstić information content (AvgIpc) is 2.29. The highest BCUT2D eigenvalue weighted by Crippen LogP contribution is 2.36. The normalized spacial score (nSPS) is 10.1. The molecule has 0 fully saturated rings. The van der Waals surface area contributed by atoms with Crippen molar-refractivity contribution in [3.8, 4) is 17.6 Å².